The number of carbonyl (C=O) groups excluding carboxylic acids is 2. The van der Waals surface area contributed by atoms with Crippen molar-refractivity contribution in [2.24, 2.45) is 10.2 Å². The van der Waals surface area contributed by atoms with Crippen LogP contribution in [-0.2, 0) is 11.3 Å². The van der Waals surface area contributed by atoms with Gasteiger partial charge in [-0.05, 0) is 65.2 Å². The molecule has 0 aliphatic carbocycles. The predicted octanol–water partition coefficient (Wildman–Crippen LogP) is 7.99. The van der Waals surface area contributed by atoms with Gasteiger partial charge in [-0.25, -0.2) is 4.39 Å². The number of aromatic hydroxyl groups is 1. The molecule has 0 saturated carbocycles. The van der Waals surface area contributed by atoms with Crippen LogP contribution in [0.3, 0.4) is 0 Å². The van der Waals surface area contributed by atoms with E-state index >= 15 is 0 Å². The third kappa shape index (κ3) is 4.86. The van der Waals surface area contributed by atoms with Gasteiger partial charge >= 0.3 is 0 Å². The molecule has 1 heterocycles. The Morgan fingerprint density at radius 3 is 2.61 bits per heavy atom. The number of fused-ring (bicyclic) bond motifs is 1. The predicted molar refractivity (Wildman–Crippen MR) is 139 cm³/mol. The van der Waals surface area contributed by atoms with E-state index in [0.29, 0.717) is 22.5 Å². The van der Waals surface area contributed by atoms with Gasteiger partial charge in [-0.15, -0.1) is 5.11 Å². The first-order chi connectivity index (χ1) is 17.4. The molecule has 0 aromatic heterocycles. The van der Waals surface area contributed by atoms with Crippen LogP contribution in [0.5, 0.6) is 5.75 Å². The standard InChI is InChI=1S/C27H17ClFN3O3S/c28-22-14-19(29)9-8-17(22)15-32-26(34)25(36-27(32)35)13-18-12-20(10-11-24(18)33)30-31-23-7-3-5-16-4-1-2-6-21(16)23/h1-14,33H,15H2/b25-13-,31-30?. The van der Waals surface area contributed by atoms with E-state index in [0.717, 1.165) is 33.5 Å². The Hall–Kier alpha value is -4.01. The van der Waals surface area contributed by atoms with Gasteiger partial charge in [-0.3, -0.25) is 14.5 Å². The third-order valence-corrected chi connectivity index (χ3v) is 6.81. The van der Waals surface area contributed by atoms with E-state index in [1.54, 1.807) is 12.1 Å². The van der Waals surface area contributed by atoms with Gasteiger partial charge in [-0.2, -0.15) is 5.11 Å². The van der Waals surface area contributed by atoms with Crippen molar-refractivity contribution in [1.82, 2.24) is 4.90 Å². The molecule has 1 fully saturated rings. The minimum Gasteiger partial charge on any atom is -0.507 e. The number of rotatable bonds is 5. The lowest BCUT2D eigenvalue weighted by atomic mass is 10.1. The maximum absolute atomic E-state index is 13.3. The van der Waals surface area contributed by atoms with Crippen LogP contribution >= 0.6 is 23.4 Å². The third-order valence-electron chi connectivity index (χ3n) is 5.55. The minimum atomic E-state index is -0.535. The van der Waals surface area contributed by atoms with E-state index in [9.17, 15) is 19.1 Å². The van der Waals surface area contributed by atoms with E-state index in [1.165, 1.54) is 24.3 Å². The zero-order chi connectivity index (χ0) is 25.2. The Balaban J connectivity index is 1.39. The van der Waals surface area contributed by atoms with Crippen LogP contribution < -0.4 is 0 Å². The van der Waals surface area contributed by atoms with E-state index < -0.39 is 17.0 Å². The first kappa shape index (κ1) is 23.7. The van der Waals surface area contributed by atoms with E-state index in [-0.39, 0.29) is 22.2 Å². The first-order valence-electron chi connectivity index (χ1n) is 10.8. The fraction of sp³-hybridized carbons (Fsp3) is 0.0370. The smallest absolute Gasteiger partial charge is 0.293 e. The monoisotopic (exact) mass is 517 g/mol. The molecule has 178 valence electrons. The van der Waals surface area contributed by atoms with Crippen molar-refractivity contribution in [3.63, 3.8) is 0 Å². The molecule has 6 nitrogen and oxygen atoms in total. The highest BCUT2D eigenvalue weighted by atomic mass is 35.5. The minimum absolute atomic E-state index is 0.0764. The van der Waals surface area contributed by atoms with Crippen molar-refractivity contribution in [1.29, 1.82) is 0 Å². The summed E-state index contributed by atoms with van der Waals surface area (Å²) in [6.07, 6.45) is 1.43. The Kier molecular flexibility index (Phi) is 6.54. The SMILES string of the molecule is O=C1S/C(=C\c2cc(N=Nc3cccc4ccccc34)ccc2O)C(=O)N1Cc1ccc(F)cc1Cl. The summed E-state index contributed by atoms with van der Waals surface area (Å²) >= 11 is 6.80. The molecule has 0 atom stereocenters. The van der Waals surface area contributed by atoms with Crippen molar-refractivity contribution in [2.75, 3.05) is 0 Å². The van der Waals surface area contributed by atoms with Crippen LogP contribution in [-0.4, -0.2) is 21.2 Å². The van der Waals surface area contributed by atoms with Crippen molar-refractivity contribution in [3.05, 3.63) is 106 Å². The van der Waals surface area contributed by atoms with Crippen molar-refractivity contribution in [3.8, 4) is 5.75 Å². The molecule has 1 aliphatic heterocycles. The fourth-order valence-corrected chi connectivity index (χ4v) is 4.78. The van der Waals surface area contributed by atoms with Gasteiger partial charge in [-0.1, -0.05) is 54.1 Å². The number of phenolic OH excluding ortho intramolecular Hbond substituents is 1. The Morgan fingerprint density at radius 2 is 1.78 bits per heavy atom. The summed E-state index contributed by atoms with van der Waals surface area (Å²) in [5.41, 5.74) is 1.92. The molecular weight excluding hydrogens is 501 g/mol. The fourth-order valence-electron chi connectivity index (χ4n) is 3.72. The summed E-state index contributed by atoms with van der Waals surface area (Å²) < 4.78 is 13.3. The van der Waals surface area contributed by atoms with Crippen LogP contribution in [0.1, 0.15) is 11.1 Å². The lowest BCUT2D eigenvalue weighted by molar-refractivity contribution is -0.123. The molecule has 1 saturated heterocycles. The van der Waals surface area contributed by atoms with Crippen LogP contribution in [0.15, 0.2) is 94.0 Å². The second-order valence-electron chi connectivity index (χ2n) is 7.94. The second-order valence-corrected chi connectivity index (χ2v) is 9.35. The van der Waals surface area contributed by atoms with Gasteiger partial charge < -0.3 is 5.11 Å². The number of imide groups is 1. The molecule has 0 bridgehead atoms. The summed E-state index contributed by atoms with van der Waals surface area (Å²) in [6.45, 7) is -0.0909. The number of carbonyl (C=O) groups is 2. The molecule has 0 spiro atoms. The summed E-state index contributed by atoms with van der Waals surface area (Å²) in [4.78, 5) is 26.6. The Bertz CT molecular complexity index is 1580. The zero-order valence-corrected chi connectivity index (χ0v) is 20.1. The van der Waals surface area contributed by atoms with Gasteiger partial charge in [0.2, 0.25) is 0 Å². The van der Waals surface area contributed by atoms with Crippen LogP contribution in [0.4, 0.5) is 20.6 Å². The summed E-state index contributed by atoms with van der Waals surface area (Å²) in [5, 5.41) is 20.6. The zero-order valence-electron chi connectivity index (χ0n) is 18.6. The summed E-state index contributed by atoms with van der Waals surface area (Å²) in [7, 11) is 0. The number of hydrogen-bond acceptors (Lipinski definition) is 6. The molecule has 1 aliphatic rings. The lowest BCUT2D eigenvalue weighted by Crippen LogP contribution is -2.27. The number of hydrogen-bond donors (Lipinski definition) is 1. The first-order valence-corrected chi connectivity index (χ1v) is 12.0. The molecule has 0 unspecified atom stereocenters. The van der Waals surface area contributed by atoms with Gasteiger partial charge in [0.05, 0.1) is 22.8 Å². The second kappa shape index (κ2) is 9.93. The molecule has 9 heteroatoms. The molecule has 4 aromatic rings. The van der Waals surface area contributed by atoms with Crippen molar-refractivity contribution >= 4 is 62.7 Å². The molecule has 5 rings (SSSR count). The Labute approximate surface area is 214 Å². The number of nitrogens with zero attached hydrogens (tertiary/aromatic N) is 3. The maximum Gasteiger partial charge on any atom is 0.293 e. The number of halogens is 2. The number of benzene rings is 4. The van der Waals surface area contributed by atoms with Crippen LogP contribution in [0, 0.1) is 5.82 Å². The van der Waals surface area contributed by atoms with Crippen molar-refractivity contribution < 1.29 is 19.1 Å². The largest absolute Gasteiger partial charge is 0.507 e. The highest BCUT2D eigenvalue weighted by Crippen LogP contribution is 2.36. The summed E-state index contributed by atoms with van der Waals surface area (Å²) in [5.74, 6) is -1.12. The van der Waals surface area contributed by atoms with Crippen molar-refractivity contribution in [2.45, 2.75) is 6.54 Å². The number of amides is 2. The summed E-state index contributed by atoms with van der Waals surface area (Å²) in [6, 6.07) is 22.0. The average molecular weight is 518 g/mol. The quantitative estimate of drug-likeness (QED) is 0.215. The number of azo groups is 1. The maximum atomic E-state index is 13.3. The molecule has 2 amide bonds. The molecule has 1 N–H and O–H groups in total. The molecule has 4 aromatic carbocycles. The van der Waals surface area contributed by atoms with E-state index in [2.05, 4.69) is 10.2 Å². The number of phenols is 1. The van der Waals surface area contributed by atoms with Gasteiger partial charge in [0.15, 0.2) is 0 Å². The normalized spacial score (nSPS) is 15.1. The van der Waals surface area contributed by atoms with Crippen LogP contribution in [0.2, 0.25) is 5.02 Å². The molecule has 36 heavy (non-hydrogen) atoms. The van der Waals surface area contributed by atoms with Crippen LogP contribution in [0.25, 0.3) is 16.8 Å². The molecular formula is C27H17ClFN3O3S. The Morgan fingerprint density at radius 1 is 0.972 bits per heavy atom. The topological polar surface area (TPSA) is 82.3 Å². The van der Waals surface area contributed by atoms with Gasteiger partial charge in [0, 0.05) is 16.0 Å². The average Bonchev–Trinajstić information content (AvgIpc) is 3.13. The molecule has 0 radical (unpaired) electrons. The lowest BCUT2D eigenvalue weighted by Gasteiger charge is -2.13. The van der Waals surface area contributed by atoms with Gasteiger partial charge in [0.1, 0.15) is 11.6 Å². The van der Waals surface area contributed by atoms with E-state index in [4.69, 9.17) is 11.6 Å². The van der Waals surface area contributed by atoms with Gasteiger partial charge in [0.25, 0.3) is 11.1 Å². The number of thioether (sulfide) groups is 1. The highest BCUT2D eigenvalue weighted by Gasteiger charge is 2.35. The highest BCUT2D eigenvalue weighted by molar-refractivity contribution is 8.18. The van der Waals surface area contributed by atoms with E-state index in [1.807, 2.05) is 42.5 Å².